The highest BCUT2D eigenvalue weighted by Gasteiger charge is 2.21. The first-order valence-corrected chi connectivity index (χ1v) is 9.26. The Hall–Kier alpha value is -2.42. The SMILES string of the molecule is Cc1ccc(C(=O)CC(CC(=O)OCCC(C)C)c2ccccc2)cc1. The van der Waals surface area contributed by atoms with E-state index in [9.17, 15) is 9.59 Å². The Balaban J connectivity index is 2.05. The van der Waals surface area contributed by atoms with Gasteiger partial charge in [-0.15, -0.1) is 0 Å². The summed E-state index contributed by atoms with van der Waals surface area (Å²) in [4.78, 5) is 24.9. The normalized spacial score (nSPS) is 12.0. The molecule has 0 spiro atoms. The number of carbonyl (C=O) groups is 2. The highest BCUT2D eigenvalue weighted by Crippen LogP contribution is 2.26. The van der Waals surface area contributed by atoms with Gasteiger partial charge in [-0.3, -0.25) is 9.59 Å². The van der Waals surface area contributed by atoms with Gasteiger partial charge in [-0.2, -0.15) is 0 Å². The summed E-state index contributed by atoms with van der Waals surface area (Å²) in [6, 6.07) is 17.3. The van der Waals surface area contributed by atoms with Crippen LogP contribution in [0.15, 0.2) is 54.6 Å². The first kappa shape index (κ1) is 19.9. The number of ketones is 1. The van der Waals surface area contributed by atoms with Gasteiger partial charge in [0.1, 0.15) is 0 Å². The van der Waals surface area contributed by atoms with Crippen LogP contribution in [0.4, 0.5) is 0 Å². The van der Waals surface area contributed by atoms with E-state index in [1.54, 1.807) is 0 Å². The van der Waals surface area contributed by atoms with Crippen LogP contribution in [0, 0.1) is 12.8 Å². The van der Waals surface area contributed by atoms with E-state index in [1.807, 2.05) is 61.5 Å². The number of aryl methyl sites for hydroxylation is 1. The van der Waals surface area contributed by atoms with E-state index in [2.05, 4.69) is 13.8 Å². The van der Waals surface area contributed by atoms with Gasteiger partial charge in [-0.25, -0.2) is 0 Å². The number of rotatable bonds is 9. The van der Waals surface area contributed by atoms with Crippen molar-refractivity contribution >= 4 is 11.8 Å². The second-order valence-corrected chi connectivity index (χ2v) is 7.21. The third-order valence-corrected chi connectivity index (χ3v) is 4.45. The molecule has 0 saturated heterocycles. The molecule has 1 unspecified atom stereocenters. The number of hydrogen-bond acceptors (Lipinski definition) is 3. The van der Waals surface area contributed by atoms with Gasteiger partial charge in [0, 0.05) is 17.9 Å². The Labute approximate surface area is 156 Å². The Bertz CT molecular complexity index is 702. The van der Waals surface area contributed by atoms with Gasteiger partial charge >= 0.3 is 5.97 Å². The van der Waals surface area contributed by atoms with Crippen molar-refractivity contribution in [2.45, 2.75) is 46.0 Å². The molecule has 26 heavy (non-hydrogen) atoms. The van der Waals surface area contributed by atoms with Gasteiger partial charge in [0.2, 0.25) is 0 Å². The maximum Gasteiger partial charge on any atom is 0.306 e. The smallest absolute Gasteiger partial charge is 0.306 e. The van der Waals surface area contributed by atoms with Crippen LogP contribution in [0.25, 0.3) is 0 Å². The molecule has 0 aliphatic rings. The van der Waals surface area contributed by atoms with Gasteiger partial charge in [-0.1, -0.05) is 74.0 Å². The summed E-state index contributed by atoms with van der Waals surface area (Å²) in [5, 5.41) is 0. The lowest BCUT2D eigenvalue weighted by atomic mass is 9.89. The van der Waals surface area contributed by atoms with Gasteiger partial charge in [0.25, 0.3) is 0 Å². The van der Waals surface area contributed by atoms with Crippen LogP contribution in [0.5, 0.6) is 0 Å². The van der Waals surface area contributed by atoms with E-state index in [0.717, 1.165) is 17.5 Å². The molecule has 3 heteroatoms. The highest BCUT2D eigenvalue weighted by atomic mass is 16.5. The van der Waals surface area contributed by atoms with Crippen molar-refractivity contribution < 1.29 is 14.3 Å². The zero-order chi connectivity index (χ0) is 18.9. The number of benzene rings is 2. The standard InChI is InChI=1S/C23H28O3/c1-17(2)13-14-26-23(25)16-21(19-7-5-4-6-8-19)15-22(24)20-11-9-18(3)10-12-20/h4-12,17,21H,13-16H2,1-3H3. The van der Waals surface area contributed by atoms with Crippen LogP contribution in [0.2, 0.25) is 0 Å². The summed E-state index contributed by atoms with van der Waals surface area (Å²) in [5.41, 5.74) is 2.80. The van der Waals surface area contributed by atoms with Crippen LogP contribution in [-0.2, 0) is 9.53 Å². The Kier molecular flexibility index (Phi) is 7.58. The molecule has 0 fully saturated rings. The fourth-order valence-electron chi connectivity index (χ4n) is 2.78. The number of esters is 1. The number of Topliss-reactive ketones (excluding diaryl/α,β-unsaturated/α-hetero) is 1. The summed E-state index contributed by atoms with van der Waals surface area (Å²) < 4.78 is 5.36. The molecular formula is C23H28O3. The molecule has 2 aromatic carbocycles. The summed E-state index contributed by atoms with van der Waals surface area (Å²) in [7, 11) is 0. The molecule has 0 saturated carbocycles. The predicted molar refractivity (Wildman–Crippen MR) is 104 cm³/mol. The van der Waals surface area contributed by atoms with Crippen molar-refractivity contribution in [3.8, 4) is 0 Å². The first-order chi connectivity index (χ1) is 12.5. The molecule has 0 aliphatic heterocycles. The van der Waals surface area contributed by atoms with E-state index in [0.29, 0.717) is 24.5 Å². The molecular weight excluding hydrogens is 324 g/mol. The quantitative estimate of drug-likeness (QED) is 0.452. The molecule has 1 atom stereocenters. The zero-order valence-electron chi connectivity index (χ0n) is 15.9. The molecule has 138 valence electrons. The monoisotopic (exact) mass is 352 g/mol. The molecule has 0 N–H and O–H groups in total. The molecule has 0 heterocycles. The van der Waals surface area contributed by atoms with Crippen LogP contribution < -0.4 is 0 Å². The van der Waals surface area contributed by atoms with E-state index in [4.69, 9.17) is 4.74 Å². The number of ether oxygens (including phenoxy) is 1. The second-order valence-electron chi connectivity index (χ2n) is 7.21. The van der Waals surface area contributed by atoms with Gasteiger partial charge in [-0.05, 0) is 24.8 Å². The fraction of sp³-hybridized carbons (Fsp3) is 0.391. The van der Waals surface area contributed by atoms with Crippen LogP contribution in [0.1, 0.15) is 60.5 Å². The lowest BCUT2D eigenvalue weighted by Crippen LogP contribution is -2.15. The van der Waals surface area contributed by atoms with E-state index >= 15 is 0 Å². The Morgan fingerprint density at radius 1 is 0.923 bits per heavy atom. The van der Waals surface area contributed by atoms with Crippen molar-refractivity contribution in [3.63, 3.8) is 0 Å². The molecule has 0 aromatic heterocycles. The Morgan fingerprint density at radius 3 is 2.19 bits per heavy atom. The van der Waals surface area contributed by atoms with Crippen LogP contribution in [0.3, 0.4) is 0 Å². The average molecular weight is 352 g/mol. The summed E-state index contributed by atoms with van der Waals surface area (Å²) in [6.07, 6.45) is 1.37. The Morgan fingerprint density at radius 2 is 1.58 bits per heavy atom. The van der Waals surface area contributed by atoms with Crippen molar-refractivity contribution in [1.29, 1.82) is 0 Å². The van der Waals surface area contributed by atoms with Gasteiger partial charge in [0.05, 0.1) is 13.0 Å². The third-order valence-electron chi connectivity index (χ3n) is 4.45. The number of hydrogen-bond donors (Lipinski definition) is 0. The van der Waals surface area contributed by atoms with Crippen molar-refractivity contribution in [1.82, 2.24) is 0 Å². The van der Waals surface area contributed by atoms with E-state index in [-0.39, 0.29) is 24.1 Å². The summed E-state index contributed by atoms with van der Waals surface area (Å²) in [6.45, 7) is 6.62. The predicted octanol–water partition coefficient (Wildman–Crippen LogP) is 5.33. The molecule has 0 aliphatic carbocycles. The lowest BCUT2D eigenvalue weighted by molar-refractivity contribution is -0.144. The largest absolute Gasteiger partial charge is 0.466 e. The van der Waals surface area contributed by atoms with Crippen LogP contribution in [-0.4, -0.2) is 18.4 Å². The maximum atomic E-state index is 12.7. The second kappa shape index (κ2) is 9.91. The van der Waals surface area contributed by atoms with Crippen LogP contribution >= 0.6 is 0 Å². The average Bonchev–Trinajstić information content (AvgIpc) is 2.62. The van der Waals surface area contributed by atoms with Crippen molar-refractivity contribution in [2.24, 2.45) is 5.92 Å². The van der Waals surface area contributed by atoms with Gasteiger partial charge < -0.3 is 4.74 Å². The third kappa shape index (κ3) is 6.47. The zero-order valence-corrected chi connectivity index (χ0v) is 15.9. The molecule has 0 radical (unpaired) electrons. The first-order valence-electron chi connectivity index (χ1n) is 9.26. The lowest BCUT2D eigenvalue weighted by Gasteiger charge is -2.17. The molecule has 2 aromatic rings. The highest BCUT2D eigenvalue weighted by molar-refractivity contribution is 5.96. The van der Waals surface area contributed by atoms with Crippen molar-refractivity contribution in [2.75, 3.05) is 6.61 Å². The minimum Gasteiger partial charge on any atom is -0.466 e. The minimum absolute atomic E-state index is 0.0498. The fourth-order valence-corrected chi connectivity index (χ4v) is 2.78. The molecule has 0 bridgehead atoms. The van der Waals surface area contributed by atoms with E-state index in [1.165, 1.54) is 0 Å². The number of carbonyl (C=O) groups excluding carboxylic acids is 2. The molecule has 3 nitrogen and oxygen atoms in total. The molecule has 2 rings (SSSR count). The van der Waals surface area contributed by atoms with Gasteiger partial charge in [0.15, 0.2) is 5.78 Å². The van der Waals surface area contributed by atoms with E-state index < -0.39 is 0 Å². The maximum absolute atomic E-state index is 12.7. The summed E-state index contributed by atoms with van der Waals surface area (Å²) in [5.74, 6) is 0.137. The molecule has 0 amide bonds. The topological polar surface area (TPSA) is 43.4 Å². The minimum atomic E-state index is -0.240. The van der Waals surface area contributed by atoms with Crippen molar-refractivity contribution in [3.05, 3.63) is 71.3 Å². The summed E-state index contributed by atoms with van der Waals surface area (Å²) >= 11 is 0.